The standard InChI is InChI=1S/C17H12ClFN3O2/c18-13-4-1-10(7-17(5-6-17)16(21)23)14(19)15(13)24-12-3-2-11(8-20)22-9-12/h1-4,7,9H,5-6H2,(H2,21,23). The second kappa shape index (κ2) is 6.10. The zero-order chi connectivity index (χ0) is 17.3. The van der Waals surface area contributed by atoms with E-state index in [-0.39, 0.29) is 27.8 Å². The maximum Gasteiger partial charge on any atom is 0.224 e. The number of nitrogens with zero attached hydrogens (tertiary/aromatic N) is 2. The Kier molecular flexibility index (Phi) is 4.12. The highest BCUT2D eigenvalue weighted by Gasteiger charge is 2.49. The summed E-state index contributed by atoms with van der Waals surface area (Å²) in [6.45, 7) is 0. The van der Waals surface area contributed by atoms with E-state index in [1.807, 2.05) is 6.07 Å². The first kappa shape index (κ1) is 16.2. The molecule has 1 saturated carbocycles. The van der Waals surface area contributed by atoms with Crippen LogP contribution in [0.25, 0.3) is 0 Å². The average molecular weight is 345 g/mol. The van der Waals surface area contributed by atoms with E-state index in [0.29, 0.717) is 12.8 Å². The third kappa shape index (κ3) is 3.03. The van der Waals surface area contributed by atoms with Crippen LogP contribution in [0.4, 0.5) is 4.39 Å². The van der Waals surface area contributed by atoms with Crippen molar-refractivity contribution in [2.75, 3.05) is 0 Å². The first-order chi connectivity index (χ1) is 11.4. The van der Waals surface area contributed by atoms with Gasteiger partial charge in [0, 0.05) is 6.42 Å². The van der Waals surface area contributed by atoms with Gasteiger partial charge in [-0.2, -0.15) is 5.26 Å². The van der Waals surface area contributed by atoms with E-state index in [1.54, 1.807) is 0 Å². The maximum absolute atomic E-state index is 14.7. The van der Waals surface area contributed by atoms with E-state index in [0.717, 1.165) is 0 Å². The first-order valence-corrected chi connectivity index (χ1v) is 7.51. The zero-order valence-electron chi connectivity index (χ0n) is 12.4. The Morgan fingerprint density at radius 3 is 2.71 bits per heavy atom. The number of ether oxygens (including phenoxy) is 1. The first-order valence-electron chi connectivity index (χ1n) is 7.13. The topological polar surface area (TPSA) is 89.0 Å². The third-order valence-corrected chi connectivity index (χ3v) is 4.16. The van der Waals surface area contributed by atoms with Crippen LogP contribution in [-0.4, -0.2) is 10.9 Å². The van der Waals surface area contributed by atoms with E-state index in [1.165, 1.54) is 36.9 Å². The van der Waals surface area contributed by atoms with E-state index in [2.05, 4.69) is 4.98 Å². The molecule has 0 saturated heterocycles. The molecule has 7 heteroatoms. The number of nitrogens with two attached hydrogens (primary N) is 1. The number of carbonyl (C=O) groups excluding carboxylic acids is 1. The van der Waals surface area contributed by atoms with Crippen LogP contribution in [0.5, 0.6) is 11.5 Å². The van der Waals surface area contributed by atoms with Crippen LogP contribution in [0, 0.1) is 29.0 Å². The molecule has 1 aromatic heterocycles. The van der Waals surface area contributed by atoms with Gasteiger partial charge in [0.25, 0.3) is 0 Å². The maximum atomic E-state index is 14.7. The van der Waals surface area contributed by atoms with Gasteiger partial charge in [-0.3, -0.25) is 4.79 Å². The van der Waals surface area contributed by atoms with Crippen LogP contribution in [0.2, 0.25) is 5.02 Å². The Bertz CT molecular complexity index is 842. The van der Waals surface area contributed by atoms with E-state index in [4.69, 9.17) is 27.3 Å². The summed E-state index contributed by atoms with van der Waals surface area (Å²) in [6, 6.07) is 7.78. The molecule has 1 radical (unpaired) electrons. The largest absolute Gasteiger partial charge is 0.451 e. The Morgan fingerprint density at radius 1 is 1.42 bits per heavy atom. The number of hydrogen-bond donors (Lipinski definition) is 1. The number of primary amides is 1. The molecule has 24 heavy (non-hydrogen) atoms. The van der Waals surface area contributed by atoms with Crippen LogP contribution < -0.4 is 10.5 Å². The summed E-state index contributed by atoms with van der Waals surface area (Å²) < 4.78 is 20.2. The van der Waals surface area contributed by atoms with Crippen molar-refractivity contribution in [1.82, 2.24) is 4.98 Å². The molecular formula is C17H12ClFN3O2. The number of amides is 1. The third-order valence-electron chi connectivity index (χ3n) is 3.86. The fraction of sp³-hybridized carbons (Fsp3) is 0.176. The van der Waals surface area contributed by atoms with E-state index in [9.17, 15) is 9.18 Å². The van der Waals surface area contributed by atoms with Crippen molar-refractivity contribution in [3.05, 3.63) is 59.0 Å². The van der Waals surface area contributed by atoms with Crippen molar-refractivity contribution < 1.29 is 13.9 Å². The van der Waals surface area contributed by atoms with Gasteiger partial charge in [0.1, 0.15) is 17.5 Å². The summed E-state index contributed by atoms with van der Waals surface area (Å²) in [5, 5.41) is 8.81. The minimum absolute atomic E-state index is 0.0814. The number of nitriles is 1. The molecule has 2 aromatic rings. The van der Waals surface area contributed by atoms with Gasteiger partial charge < -0.3 is 10.5 Å². The van der Waals surface area contributed by atoms with Crippen molar-refractivity contribution in [1.29, 1.82) is 5.26 Å². The molecule has 0 bridgehead atoms. The predicted octanol–water partition coefficient (Wildman–Crippen LogP) is 3.36. The predicted molar refractivity (Wildman–Crippen MR) is 84.7 cm³/mol. The molecule has 3 rings (SSSR count). The minimum atomic E-state index is -0.790. The number of aromatic nitrogens is 1. The summed E-state index contributed by atoms with van der Waals surface area (Å²) in [6.07, 6.45) is 4.02. The monoisotopic (exact) mass is 344 g/mol. The fourth-order valence-corrected chi connectivity index (χ4v) is 2.46. The Balaban J connectivity index is 1.89. The van der Waals surface area contributed by atoms with Gasteiger partial charge in [-0.25, -0.2) is 9.37 Å². The highest BCUT2D eigenvalue weighted by molar-refractivity contribution is 6.32. The highest BCUT2D eigenvalue weighted by atomic mass is 35.5. The lowest BCUT2D eigenvalue weighted by atomic mass is 9.95. The number of halogens is 2. The van der Waals surface area contributed by atoms with Crippen LogP contribution in [0.3, 0.4) is 0 Å². The lowest BCUT2D eigenvalue weighted by molar-refractivity contribution is -0.121. The molecule has 1 aliphatic rings. The smallest absolute Gasteiger partial charge is 0.224 e. The summed E-state index contributed by atoms with van der Waals surface area (Å²) in [5.74, 6) is -1.09. The lowest BCUT2D eigenvalue weighted by Gasteiger charge is -2.14. The summed E-state index contributed by atoms with van der Waals surface area (Å²) in [7, 11) is 0. The van der Waals surface area contributed by atoms with Crippen molar-refractivity contribution in [2.24, 2.45) is 11.1 Å². The van der Waals surface area contributed by atoms with Gasteiger partial charge >= 0.3 is 0 Å². The molecule has 0 unspecified atom stereocenters. The Labute approximate surface area is 142 Å². The normalized spacial score (nSPS) is 14.7. The molecule has 1 aliphatic carbocycles. The second-order valence-electron chi connectivity index (χ2n) is 5.54. The Hall–Kier alpha value is -2.65. The van der Waals surface area contributed by atoms with Crippen LogP contribution in [0.15, 0.2) is 30.5 Å². The van der Waals surface area contributed by atoms with Crippen molar-refractivity contribution in [2.45, 2.75) is 12.8 Å². The van der Waals surface area contributed by atoms with Crippen molar-refractivity contribution in [3.8, 4) is 17.6 Å². The second-order valence-corrected chi connectivity index (χ2v) is 5.94. The van der Waals surface area contributed by atoms with Crippen molar-refractivity contribution in [3.63, 3.8) is 0 Å². The number of benzene rings is 1. The number of pyridine rings is 1. The fourth-order valence-electron chi connectivity index (χ4n) is 2.27. The van der Waals surface area contributed by atoms with Gasteiger partial charge in [0.2, 0.25) is 5.91 Å². The van der Waals surface area contributed by atoms with E-state index < -0.39 is 17.1 Å². The van der Waals surface area contributed by atoms with Crippen LogP contribution >= 0.6 is 11.6 Å². The summed E-state index contributed by atoms with van der Waals surface area (Å²) in [4.78, 5) is 15.3. The minimum Gasteiger partial charge on any atom is -0.451 e. The average Bonchev–Trinajstić information content (AvgIpc) is 3.36. The molecule has 2 N–H and O–H groups in total. The molecule has 121 valence electrons. The molecule has 0 atom stereocenters. The van der Waals surface area contributed by atoms with Crippen molar-refractivity contribution >= 4 is 17.5 Å². The molecule has 0 spiro atoms. The molecule has 1 fully saturated rings. The lowest BCUT2D eigenvalue weighted by Crippen LogP contribution is -2.25. The van der Waals surface area contributed by atoms with Crippen LogP contribution in [0.1, 0.15) is 24.1 Å². The number of carbonyl (C=O) groups is 1. The molecule has 5 nitrogen and oxygen atoms in total. The van der Waals surface area contributed by atoms with Gasteiger partial charge in [0.05, 0.1) is 16.6 Å². The van der Waals surface area contributed by atoms with Crippen LogP contribution in [-0.2, 0) is 4.79 Å². The molecular weight excluding hydrogens is 333 g/mol. The molecule has 1 amide bonds. The van der Waals surface area contributed by atoms with Gasteiger partial charge in [-0.1, -0.05) is 17.7 Å². The number of rotatable bonds is 5. The molecule has 1 heterocycles. The zero-order valence-corrected chi connectivity index (χ0v) is 13.2. The van der Waals surface area contributed by atoms with Gasteiger partial charge in [-0.15, -0.1) is 0 Å². The van der Waals surface area contributed by atoms with E-state index >= 15 is 0 Å². The van der Waals surface area contributed by atoms with Gasteiger partial charge in [0.15, 0.2) is 11.6 Å². The quantitative estimate of drug-likeness (QED) is 0.900. The Morgan fingerprint density at radius 2 is 2.17 bits per heavy atom. The molecule has 0 aliphatic heterocycles. The summed E-state index contributed by atoms with van der Waals surface area (Å²) in [5.41, 5.74) is 4.99. The highest BCUT2D eigenvalue weighted by Crippen LogP contribution is 2.50. The molecule has 1 aromatic carbocycles. The van der Waals surface area contributed by atoms with Gasteiger partial charge in [-0.05, 0) is 36.6 Å². The summed E-state index contributed by atoms with van der Waals surface area (Å²) >= 11 is 6.02. The number of hydrogen-bond acceptors (Lipinski definition) is 4. The SMILES string of the molecule is N#Cc1ccc(Oc2c(Cl)ccc([CH]C3(C(N)=O)CC3)c2F)cn1.